The fourth-order valence-electron chi connectivity index (χ4n) is 0.724. The summed E-state index contributed by atoms with van der Waals surface area (Å²) in [6.45, 7) is 4.25. The van der Waals surface area contributed by atoms with E-state index < -0.39 is 0 Å². The molecule has 0 aliphatic rings. The van der Waals surface area contributed by atoms with Gasteiger partial charge in [-0.15, -0.1) is 0 Å². The van der Waals surface area contributed by atoms with Gasteiger partial charge in [0.1, 0.15) is 5.82 Å². The van der Waals surface area contributed by atoms with E-state index in [-0.39, 0.29) is 0 Å². The molecule has 0 fully saturated rings. The Morgan fingerprint density at radius 1 is 1.62 bits per heavy atom. The van der Waals surface area contributed by atoms with Gasteiger partial charge in [0.05, 0.1) is 10.0 Å². The predicted molar refractivity (Wildman–Crippen MR) is 60.8 cm³/mol. The third-order valence-electron chi connectivity index (χ3n) is 1.26. The van der Waals surface area contributed by atoms with Gasteiger partial charge in [0.15, 0.2) is 0 Å². The first-order chi connectivity index (χ1) is 6.09. The molecule has 0 spiro atoms. The van der Waals surface area contributed by atoms with Gasteiger partial charge in [0, 0.05) is 17.2 Å². The largest absolute Gasteiger partial charge is 0.364 e. The molecular weight excluding hydrogens is 275 g/mol. The van der Waals surface area contributed by atoms with Crippen molar-refractivity contribution in [2.24, 2.45) is 0 Å². The van der Waals surface area contributed by atoms with E-state index in [2.05, 4.69) is 32.8 Å². The summed E-state index contributed by atoms with van der Waals surface area (Å²) in [5.74, 6) is 0.603. The molecule has 0 unspecified atom stereocenters. The molecular formula is C8H7BrCl2N2. The Kier molecular flexibility index (Phi) is 4.03. The lowest BCUT2D eigenvalue weighted by atomic mass is 10.4. The van der Waals surface area contributed by atoms with Crippen molar-refractivity contribution in [3.63, 3.8) is 0 Å². The van der Waals surface area contributed by atoms with Crippen LogP contribution in [0.15, 0.2) is 23.3 Å². The van der Waals surface area contributed by atoms with E-state index in [1.807, 2.05) is 0 Å². The highest BCUT2D eigenvalue weighted by atomic mass is 79.9. The van der Waals surface area contributed by atoms with Gasteiger partial charge in [-0.3, -0.25) is 0 Å². The standard InChI is InChI=1S/C8H7BrCl2N2/c1-5(9)3-12-8-7(11)2-6(10)4-13-8/h2,4H,1,3H2,(H,12,13). The first kappa shape index (κ1) is 10.8. The Morgan fingerprint density at radius 2 is 2.31 bits per heavy atom. The second-order valence-corrected chi connectivity index (χ2v) is 4.32. The Morgan fingerprint density at radius 3 is 2.85 bits per heavy atom. The maximum absolute atomic E-state index is 5.86. The zero-order valence-electron chi connectivity index (χ0n) is 6.65. The van der Waals surface area contributed by atoms with E-state index in [0.29, 0.717) is 22.4 Å². The Labute approximate surface area is 95.1 Å². The van der Waals surface area contributed by atoms with Crippen LogP contribution < -0.4 is 5.32 Å². The summed E-state index contributed by atoms with van der Waals surface area (Å²) in [6, 6.07) is 1.63. The molecule has 0 bridgehead atoms. The lowest BCUT2D eigenvalue weighted by molar-refractivity contribution is 1.22. The molecule has 0 aliphatic heterocycles. The second kappa shape index (κ2) is 4.84. The molecule has 0 aromatic carbocycles. The Bertz CT molecular complexity index is 328. The van der Waals surface area contributed by atoms with Crippen LogP contribution in [0.5, 0.6) is 0 Å². The fraction of sp³-hybridized carbons (Fsp3) is 0.125. The van der Waals surface area contributed by atoms with E-state index in [1.165, 1.54) is 6.20 Å². The number of halogens is 3. The Hall–Kier alpha value is -0.250. The molecule has 0 saturated carbocycles. The van der Waals surface area contributed by atoms with Gasteiger partial charge in [-0.1, -0.05) is 45.7 Å². The van der Waals surface area contributed by atoms with Crippen LogP contribution in [-0.4, -0.2) is 11.5 Å². The van der Waals surface area contributed by atoms with Crippen LogP contribution in [0.3, 0.4) is 0 Å². The molecule has 13 heavy (non-hydrogen) atoms. The summed E-state index contributed by atoms with van der Waals surface area (Å²) in [7, 11) is 0. The van der Waals surface area contributed by atoms with E-state index in [0.717, 1.165) is 4.48 Å². The fourth-order valence-corrected chi connectivity index (χ4v) is 1.31. The molecule has 5 heteroatoms. The van der Waals surface area contributed by atoms with Crippen molar-refractivity contribution in [1.82, 2.24) is 4.98 Å². The first-order valence-corrected chi connectivity index (χ1v) is 5.02. The van der Waals surface area contributed by atoms with Crippen LogP contribution in [0, 0.1) is 0 Å². The van der Waals surface area contributed by atoms with Crippen LogP contribution >= 0.6 is 39.1 Å². The minimum atomic E-state index is 0.501. The van der Waals surface area contributed by atoms with Gasteiger partial charge in [-0.2, -0.15) is 0 Å². The SMILES string of the molecule is C=C(Br)CNc1ncc(Cl)cc1Cl. The zero-order chi connectivity index (χ0) is 9.84. The van der Waals surface area contributed by atoms with Gasteiger partial charge in [-0.25, -0.2) is 4.98 Å². The van der Waals surface area contributed by atoms with Gasteiger partial charge >= 0.3 is 0 Å². The maximum atomic E-state index is 5.86. The van der Waals surface area contributed by atoms with E-state index in [9.17, 15) is 0 Å². The molecule has 1 aromatic heterocycles. The lowest BCUT2D eigenvalue weighted by Gasteiger charge is -2.05. The smallest absolute Gasteiger partial charge is 0.145 e. The number of rotatable bonds is 3. The average Bonchev–Trinajstić information content (AvgIpc) is 2.02. The molecule has 1 heterocycles. The summed E-state index contributed by atoms with van der Waals surface area (Å²) in [4.78, 5) is 4.01. The van der Waals surface area contributed by atoms with Crippen LogP contribution in [0.1, 0.15) is 0 Å². The van der Waals surface area contributed by atoms with Gasteiger partial charge in [0.25, 0.3) is 0 Å². The number of nitrogens with zero attached hydrogens (tertiary/aromatic N) is 1. The molecule has 1 rings (SSSR count). The monoisotopic (exact) mass is 280 g/mol. The van der Waals surface area contributed by atoms with Crippen molar-refractivity contribution >= 4 is 44.9 Å². The number of hydrogen-bond donors (Lipinski definition) is 1. The average molecular weight is 282 g/mol. The molecule has 0 radical (unpaired) electrons. The molecule has 2 nitrogen and oxygen atoms in total. The highest BCUT2D eigenvalue weighted by Gasteiger charge is 2.01. The molecule has 70 valence electrons. The molecule has 0 aliphatic carbocycles. The minimum Gasteiger partial charge on any atom is -0.364 e. The third-order valence-corrected chi connectivity index (χ3v) is 2.03. The number of anilines is 1. The van der Waals surface area contributed by atoms with Crippen LogP contribution in [0.4, 0.5) is 5.82 Å². The summed E-state index contributed by atoms with van der Waals surface area (Å²) >= 11 is 14.8. The van der Waals surface area contributed by atoms with E-state index >= 15 is 0 Å². The quantitative estimate of drug-likeness (QED) is 0.914. The highest BCUT2D eigenvalue weighted by molar-refractivity contribution is 9.11. The van der Waals surface area contributed by atoms with E-state index in [4.69, 9.17) is 23.2 Å². The first-order valence-electron chi connectivity index (χ1n) is 3.48. The zero-order valence-corrected chi connectivity index (χ0v) is 9.75. The van der Waals surface area contributed by atoms with Crippen molar-refractivity contribution in [3.8, 4) is 0 Å². The molecule has 0 atom stereocenters. The summed E-state index contributed by atoms with van der Waals surface area (Å²) in [5.41, 5.74) is 0. The van der Waals surface area contributed by atoms with Crippen LogP contribution in [0.2, 0.25) is 10.0 Å². The maximum Gasteiger partial charge on any atom is 0.145 e. The number of pyridine rings is 1. The van der Waals surface area contributed by atoms with Crippen molar-refractivity contribution in [2.75, 3.05) is 11.9 Å². The topological polar surface area (TPSA) is 24.9 Å². The summed E-state index contributed by atoms with van der Waals surface area (Å²) < 4.78 is 0.834. The van der Waals surface area contributed by atoms with Crippen molar-refractivity contribution < 1.29 is 0 Å². The van der Waals surface area contributed by atoms with Gasteiger partial charge < -0.3 is 5.32 Å². The highest BCUT2D eigenvalue weighted by Crippen LogP contribution is 2.22. The number of aromatic nitrogens is 1. The molecule has 0 amide bonds. The van der Waals surface area contributed by atoms with Crippen LogP contribution in [0.25, 0.3) is 0 Å². The third kappa shape index (κ3) is 3.55. The van der Waals surface area contributed by atoms with Gasteiger partial charge in [-0.05, 0) is 6.07 Å². The molecule has 1 aromatic rings. The van der Waals surface area contributed by atoms with Crippen molar-refractivity contribution in [1.29, 1.82) is 0 Å². The lowest BCUT2D eigenvalue weighted by Crippen LogP contribution is -2.02. The van der Waals surface area contributed by atoms with Gasteiger partial charge in [0.2, 0.25) is 0 Å². The number of nitrogens with one attached hydrogen (secondary N) is 1. The van der Waals surface area contributed by atoms with E-state index in [1.54, 1.807) is 6.07 Å². The molecule has 0 saturated heterocycles. The molecule has 1 N–H and O–H groups in total. The predicted octanol–water partition coefficient (Wildman–Crippen LogP) is 3.71. The minimum absolute atomic E-state index is 0.501. The van der Waals surface area contributed by atoms with Crippen LogP contribution in [-0.2, 0) is 0 Å². The van der Waals surface area contributed by atoms with Crippen molar-refractivity contribution in [2.45, 2.75) is 0 Å². The second-order valence-electron chi connectivity index (χ2n) is 2.35. The summed E-state index contributed by atoms with van der Waals surface area (Å²) in [5, 5.41) is 4.01. The number of hydrogen-bond acceptors (Lipinski definition) is 2. The normalized spacial score (nSPS) is 9.77. The summed E-state index contributed by atoms with van der Waals surface area (Å²) in [6.07, 6.45) is 1.53. The Balaban J connectivity index is 2.72. The van der Waals surface area contributed by atoms with Crippen molar-refractivity contribution in [3.05, 3.63) is 33.4 Å².